The van der Waals surface area contributed by atoms with Crippen molar-refractivity contribution >= 4 is 51.8 Å². The van der Waals surface area contributed by atoms with Crippen molar-refractivity contribution in [3.63, 3.8) is 0 Å². The molecule has 3 nitrogen and oxygen atoms in total. The van der Waals surface area contributed by atoms with Crippen LogP contribution >= 0.6 is 35.4 Å². The minimum atomic E-state index is 0.291. The highest BCUT2D eigenvalue weighted by Gasteiger charge is 2.11. The summed E-state index contributed by atoms with van der Waals surface area (Å²) >= 11 is 17.2. The van der Waals surface area contributed by atoms with Crippen molar-refractivity contribution in [3.8, 4) is 5.75 Å². The average molecular weight is 341 g/mol. The van der Waals surface area contributed by atoms with Crippen LogP contribution in [0.5, 0.6) is 5.75 Å². The number of methoxy groups -OCH3 is 1. The minimum absolute atomic E-state index is 0.291. The summed E-state index contributed by atoms with van der Waals surface area (Å²) in [4.78, 5) is 0.291. The monoisotopic (exact) mass is 340 g/mol. The van der Waals surface area contributed by atoms with Crippen molar-refractivity contribution in [2.24, 2.45) is 5.73 Å². The average Bonchev–Trinajstić information content (AvgIpc) is 2.42. The fourth-order valence-corrected chi connectivity index (χ4v) is 2.41. The van der Waals surface area contributed by atoms with Gasteiger partial charge in [-0.3, -0.25) is 0 Å². The van der Waals surface area contributed by atoms with E-state index < -0.39 is 0 Å². The number of ether oxygens (including phenoxy) is 1. The first kappa shape index (κ1) is 15.9. The lowest BCUT2D eigenvalue weighted by Crippen LogP contribution is -2.12. The van der Waals surface area contributed by atoms with Crippen molar-refractivity contribution in [1.82, 2.24) is 0 Å². The molecule has 2 aromatic rings. The molecule has 0 spiro atoms. The highest BCUT2D eigenvalue weighted by atomic mass is 35.5. The van der Waals surface area contributed by atoms with Gasteiger partial charge in [-0.25, -0.2) is 0 Å². The maximum Gasteiger partial charge on any atom is 0.143 e. The molecule has 0 aliphatic carbocycles. The molecule has 0 unspecified atom stereocenters. The Balaban J connectivity index is 2.49. The number of anilines is 2. The predicted molar refractivity (Wildman–Crippen MR) is 93.4 cm³/mol. The van der Waals surface area contributed by atoms with E-state index in [1.54, 1.807) is 31.4 Å². The first-order chi connectivity index (χ1) is 9.92. The standard InChI is InChI=1S/C15H14Cl2N2OS/c1-8-5-13(14(20-2)7-11(8)17)19-12-6-9(16)3-4-10(12)15(18)21/h3-7,19H,1-2H3,(H2,18,21). The van der Waals surface area contributed by atoms with Gasteiger partial charge in [-0.05, 0) is 36.8 Å². The lowest BCUT2D eigenvalue weighted by atomic mass is 10.1. The number of benzene rings is 2. The molecular weight excluding hydrogens is 327 g/mol. The Kier molecular flexibility index (Phi) is 4.93. The maximum absolute atomic E-state index is 6.10. The molecule has 0 heterocycles. The Bertz CT molecular complexity index is 704. The third kappa shape index (κ3) is 3.59. The van der Waals surface area contributed by atoms with E-state index in [1.807, 2.05) is 13.0 Å². The van der Waals surface area contributed by atoms with E-state index in [4.69, 9.17) is 45.9 Å². The van der Waals surface area contributed by atoms with Gasteiger partial charge in [0.05, 0.1) is 18.5 Å². The molecule has 0 fully saturated rings. The molecule has 0 saturated heterocycles. The number of thiocarbonyl (C=S) groups is 1. The van der Waals surface area contributed by atoms with Crippen molar-refractivity contribution < 1.29 is 4.74 Å². The van der Waals surface area contributed by atoms with Crippen molar-refractivity contribution in [1.29, 1.82) is 0 Å². The van der Waals surface area contributed by atoms with E-state index in [-0.39, 0.29) is 0 Å². The van der Waals surface area contributed by atoms with Crippen LogP contribution in [0.4, 0.5) is 11.4 Å². The third-order valence-electron chi connectivity index (χ3n) is 3.00. The fraction of sp³-hybridized carbons (Fsp3) is 0.133. The molecule has 0 aromatic heterocycles. The molecular formula is C15H14Cl2N2OS. The highest BCUT2D eigenvalue weighted by Crippen LogP contribution is 2.34. The minimum Gasteiger partial charge on any atom is -0.495 e. The summed E-state index contributed by atoms with van der Waals surface area (Å²) in [7, 11) is 1.58. The van der Waals surface area contributed by atoms with Crippen LogP contribution in [0.15, 0.2) is 30.3 Å². The largest absolute Gasteiger partial charge is 0.495 e. The van der Waals surface area contributed by atoms with Crippen LogP contribution in [0.3, 0.4) is 0 Å². The van der Waals surface area contributed by atoms with Crippen LogP contribution in [0.2, 0.25) is 10.0 Å². The second-order valence-electron chi connectivity index (χ2n) is 4.48. The summed E-state index contributed by atoms with van der Waals surface area (Å²) in [6.45, 7) is 1.92. The molecule has 0 amide bonds. The Morgan fingerprint density at radius 2 is 1.90 bits per heavy atom. The molecule has 0 aliphatic heterocycles. The van der Waals surface area contributed by atoms with Gasteiger partial charge in [0.1, 0.15) is 10.7 Å². The maximum atomic E-state index is 6.10. The molecule has 21 heavy (non-hydrogen) atoms. The van der Waals surface area contributed by atoms with E-state index in [2.05, 4.69) is 5.32 Å². The lowest BCUT2D eigenvalue weighted by molar-refractivity contribution is 0.417. The predicted octanol–water partition coefficient (Wildman–Crippen LogP) is 4.69. The number of hydrogen-bond acceptors (Lipinski definition) is 3. The van der Waals surface area contributed by atoms with Gasteiger partial charge in [-0.15, -0.1) is 0 Å². The Labute approximate surface area is 139 Å². The number of rotatable bonds is 4. The highest BCUT2D eigenvalue weighted by molar-refractivity contribution is 7.80. The molecule has 110 valence electrons. The first-order valence-corrected chi connectivity index (χ1v) is 7.29. The third-order valence-corrected chi connectivity index (χ3v) is 3.86. The number of hydrogen-bond donors (Lipinski definition) is 2. The molecule has 2 rings (SSSR count). The fourth-order valence-electron chi connectivity index (χ4n) is 1.91. The zero-order valence-corrected chi connectivity index (χ0v) is 13.9. The van der Waals surface area contributed by atoms with E-state index in [9.17, 15) is 0 Å². The van der Waals surface area contributed by atoms with Crippen molar-refractivity contribution in [2.45, 2.75) is 6.92 Å². The number of nitrogens with two attached hydrogens (primary N) is 1. The van der Waals surface area contributed by atoms with Gasteiger partial charge < -0.3 is 15.8 Å². The SMILES string of the molecule is COc1cc(Cl)c(C)cc1Nc1cc(Cl)ccc1C(N)=S. The van der Waals surface area contributed by atoms with Crippen molar-refractivity contribution in [3.05, 3.63) is 51.5 Å². The summed E-state index contributed by atoms with van der Waals surface area (Å²) in [5.74, 6) is 0.625. The zero-order chi connectivity index (χ0) is 15.6. The van der Waals surface area contributed by atoms with Gasteiger partial charge in [0.15, 0.2) is 0 Å². The Morgan fingerprint density at radius 3 is 2.52 bits per heavy atom. The molecule has 0 saturated carbocycles. The molecule has 0 atom stereocenters. The lowest BCUT2D eigenvalue weighted by Gasteiger charge is -2.16. The van der Waals surface area contributed by atoms with Gasteiger partial charge in [0.25, 0.3) is 0 Å². The van der Waals surface area contributed by atoms with Gasteiger partial charge >= 0.3 is 0 Å². The van der Waals surface area contributed by atoms with Crippen LogP contribution < -0.4 is 15.8 Å². The quantitative estimate of drug-likeness (QED) is 0.792. The summed E-state index contributed by atoms with van der Waals surface area (Å²) in [5.41, 5.74) is 8.86. The van der Waals surface area contributed by atoms with Gasteiger partial charge in [-0.2, -0.15) is 0 Å². The molecule has 3 N–H and O–H groups in total. The normalized spacial score (nSPS) is 10.3. The van der Waals surface area contributed by atoms with Crippen molar-refractivity contribution in [2.75, 3.05) is 12.4 Å². The Morgan fingerprint density at radius 1 is 1.19 bits per heavy atom. The van der Waals surface area contributed by atoms with Gasteiger partial charge in [0.2, 0.25) is 0 Å². The number of aryl methyl sites for hydroxylation is 1. The van der Waals surface area contributed by atoms with E-state index in [0.29, 0.717) is 26.3 Å². The zero-order valence-electron chi connectivity index (χ0n) is 11.5. The molecule has 0 bridgehead atoms. The topological polar surface area (TPSA) is 47.3 Å². The second kappa shape index (κ2) is 6.52. The Hall–Kier alpha value is -1.49. The summed E-state index contributed by atoms with van der Waals surface area (Å²) in [6, 6.07) is 8.93. The molecule has 0 aliphatic rings. The van der Waals surface area contributed by atoms with E-state index in [1.165, 1.54) is 0 Å². The second-order valence-corrected chi connectivity index (χ2v) is 5.76. The first-order valence-electron chi connectivity index (χ1n) is 6.13. The summed E-state index contributed by atoms with van der Waals surface area (Å²) < 4.78 is 5.34. The summed E-state index contributed by atoms with van der Waals surface area (Å²) in [5, 5.41) is 4.47. The smallest absolute Gasteiger partial charge is 0.143 e. The van der Waals surface area contributed by atoms with Gasteiger partial charge in [-0.1, -0.05) is 35.4 Å². The van der Waals surface area contributed by atoms with E-state index in [0.717, 1.165) is 16.9 Å². The van der Waals surface area contributed by atoms with Crippen LogP contribution in [-0.4, -0.2) is 12.1 Å². The van der Waals surface area contributed by atoms with Crippen LogP contribution in [0.25, 0.3) is 0 Å². The van der Waals surface area contributed by atoms with Crippen LogP contribution in [0.1, 0.15) is 11.1 Å². The molecule has 0 radical (unpaired) electrons. The van der Waals surface area contributed by atoms with Crippen LogP contribution in [0, 0.1) is 6.92 Å². The van der Waals surface area contributed by atoms with Crippen LogP contribution in [-0.2, 0) is 0 Å². The molecule has 6 heteroatoms. The summed E-state index contributed by atoms with van der Waals surface area (Å²) in [6.07, 6.45) is 0. The number of halogens is 2. The molecule has 2 aromatic carbocycles. The number of nitrogens with one attached hydrogen (secondary N) is 1. The van der Waals surface area contributed by atoms with E-state index >= 15 is 0 Å². The van der Waals surface area contributed by atoms with Gasteiger partial charge in [0, 0.05) is 21.7 Å².